The standard InChI is InChI=1S/C23H17N3O2S/c1-16-6-4-8-18(12-16)25-23-26(24-14-19-9-5-11-27-19)20(15-29-23)22-13-17-7-2-3-10-21(17)28-22/h2-15H,1H3. The Morgan fingerprint density at radius 3 is 2.76 bits per heavy atom. The maximum atomic E-state index is 6.06. The summed E-state index contributed by atoms with van der Waals surface area (Å²) < 4.78 is 13.2. The molecule has 2 aromatic carbocycles. The lowest BCUT2D eigenvalue weighted by atomic mass is 10.2. The van der Waals surface area contributed by atoms with Gasteiger partial charge in [0.1, 0.15) is 17.0 Å². The van der Waals surface area contributed by atoms with Crippen LogP contribution in [0.15, 0.2) is 97.3 Å². The third-order valence-corrected chi connectivity index (χ3v) is 5.25. The molecule has 0 radical (unpaired) electrons. The highest BCUT2D eigenvalue weighted by Gasteiger charge is 2.13. The Labute approximate surface area is 170 Å². The Bertz CT molecular complexity index is 1340. The molecule has 0 saturated carbocycles. The fraction of sp³-hybridized carbons (Fsp3) is 0.0435. The van der Waals surface area contributed by atoms with Gasteiger partial charge in [0.05, 0.1) is 18.2 Å². The minimum atomic E-state index is 0.667. The van der Waals surface area contributed by atoms with Gasteiger partial charge in [-0.1, -0.05) is 30.3 Å². The highest BCUT2D eigenvalue weighted by molar-refractivity contribution is 7.07. The summed E-state index contributed by atoms with van der Waals surface area (Å²) in [5, 5.41) is 7.68. The molecule has 5 aromatic rings. The van der Waals surface area contributed by atoms with E-state index in [0.29, 0.717) is 5.76 Å². The molecule has 0 aliphatic rings. The number of hydrogen-bond acceptors (Lipinski definition) is 5. The molecule has 0 atom stereocenters. The van der Waals surface area contributed by atoms with Crippen molar-refractivity contribution >= 4 is 34.2 Å². The highest BCUT2D eigenvalue weighted by atomic mass is 32.1. The molecule has 6 heteroatoms. The number of hydrogen-bond donors (Lipinski definition) is 0. The van der Waals surface area contributed by atoms with Crippen LogP contribution in [0.3, 0.4) is 0 Å². The maximum absolute atomic E-state index is 6.06. The fourth-order valence-corrected chi connectivity index (χ4v) is 3.89. The van der Waals surface area contributed by atoms with Crippen LogP contribution < -0.4 is 4.80 Å². The molecule has 0 amide bonds. The molecule has 0 aliphatic carbocycles. The number of aryl methyl sites for hydroxylation is 1. The zero-order chi connectivity index (χ0) is 19.6. The molecule has 5 rings (SSSR count). The first kappa shape index (κ1) is 17.5. The Morgan fingerprint density at radius 2 is 1.93 bits per heavy atom. The molecule has 0 saturated heterocycles. The summed E-state index contributed by atoms with van der Waals surface area (Å²) in [6.07, 6.45) is 3.30. The number of para-hydroxylation sites is 1. The van der Waals surface area contributed by atoms with Gasteiger partial charge in [0, 0.05) is 10.8 Å². The Kier molecular flexibility index (Phi) is 4.46. The van der Waals surface area contributed by atoms with Gasteiger partial charge >= 0.3 is 0 Å². The van der Waals surface area contributed by atoms with Crippen LogP contribution in [0.2, 0.25) is 0 Å². The van der Waals surface area contributed by atoms with Gasteiger partial charge in [-0.3, -0.25) is 0 Å². The Balaban J connectivity index is 1.67. The third kappa shape index (κ3) is 3.58. The van der Waals surface area contributed by atoms with Crippen molar-refractivity contribution in [1.82, 2.24) is 4.68 Å². The molecule has 0 aliphatic heterocycles. The second-order valence-electron chi connectivity index (χ2n) is 6.57. The number of aromatic nitrogens is 1. The van der Waals surface area contributed by atoms with Gasteiger partial charge in [0.25, 0.3) is 0 Å². The summed E-state index contributed by atoms with van der Waals surface area (Å²) in [6, 6.07) is 21.7. The predicted molar refractivity (Wildman–Crippen MR) is 116 cm³/mol. The average molecular weight is 399 g/mol. The minimum absolute atomic E-state index is 0.667. The second-order valence-corrected chi connectivity index (χ2v) is 7.41. The molecule has 0 fully saturated rings. The molecule has 142 valence electrons. The largest absolute Gasteiger partial charge is 0.463 e. The van der Waals surface area contributed by atoms with Crippen molar-refractivity contribution in [3.8, 4) is 11.5 Å². The van der Waals surface area contributed by atoms with E-state index >= 15 is 0 Å². The van der Waals surface area contributed by atoms with Crippen LogP contribution in [-0.2, 0) is 0 Å². The van der Waals surface area contributed by atoms with Crippen LogP contribution >= 0.6 is 11.3 Å². The molecule has 0 spiro atoms. The molecule has 5 nitrogen and oxygen atoms in total. The summed E-state index contributed by atoms with van der Waals surface area (Å²) in [7, 11) is 0. The lowest BCUT2D eigenvalue weighted by molar-refractivity contribution is 0.559. The van der Waals surface area contributed by atoms with Gasteiger partial charge in [-0.15, -0.1) is 11.3 Å². The monoisotopic (exact) mass is 399 g/mol. The second kappa shape index (κ2) is 7.41. The lowest BCUT2D eigenvalue weighted by Gasteiger charge is -2.00. The first-order valence-corrected chi connectivity index (χ1v) is 10.0. The highest BCUT2D eigenvalue weighted by Crippen LogP contribution is 2.28. The van der Waals surface area contributed by atoms with Crippen LogP contribution in [0.5, 0.6) is 0 Å². The zero-order valence-corrected chi connectivity index (χ0v) is 16.5. The minimum Gasteiger partial charge on any atom is -0.463 e. The van der Waals surface area contributed by atoms with Crippen molar-refractivity contribution in [2.75, 3.05) is 0 Å². The van der Waals surface area contributed by atoms with Crippen LogP contribution in [0.1, 0.15) is 11.3 Å². The molecule has 0 bridgehead atoms. The molecule has 3 aromatic heterocycles. The first-order chi connectivity index (χ1) is 14.3. The summed E-state index contributed by atoms with van der Waals surface area (Å²) in [5.74, 6) is 1.41. The van der Waals surface area contributed by atoms with Crippen molar-refractivity contribution in [3.05, 3.63) is 94.5 Å². The molecule has 3 heterocycles. The van der Waals surface area contributed by atoms with Gasteiger partial charge in [-0.05, 0) is 48.9 Å². The Morgan fingerprint density at radius 1 is 1.00 bits per heavy atom. The normalized spacial score (nSPS) is 12.4. The summed E-state index contributed by atoms with van der Waals surface area (Å²) >= 11 is 1.51. The van der Waals surface area contributed by atoms with E-state index in [4.69, 9.17) is 13.8 Å². The van der Waals surface area contributed by atoms with Gasteiger partial charge in [0.15, 0.2) is 5.76 Å². The summed E-state index contributed by atoms with van der Waals surface area (Å²) in [6.45, 7) is 2.05. The van der Waals surface area contributed by atoms with Crippen molar-refractivity contribution < 1.29 is 8.83 Å². The molecular formula is C23H17N3O2S. The predicted octanol–water partition coefficient (Wildman–Crippen LogP) is 5.98. The zero-order valence-electron chi connectivity index (χ0n) is 15.6. The van der Waals surface area contributed by atoms with E-state index in [9.17, 15) is 0 Å². The van der Waals surface area contributed by atoms with Gasteiger partial charge in [-0.2, -0.15) is 5.10 Å². The smallest absolute Gasteiger partial charge is 0.211 e. The van der Waals surface area contributed by atoms with Crippen molar-refractivity contribution in [3.63, 3.8) is 0 Å². The fourth-order valence-electron chi connectivity index (χ4n) is 3.05. The number of benzene rings is 2. The van der Waals surface area contributed by atoms with Crippen LogP contribution in [0, 0.1) is 6.92 Å². The number of furan rings is 2. The van der Waals surface area contributed by atoms with Crippen molar-refractivity contribution in [1.29, 1.82) is 0 Å². The molecule has 0 N–H and O–H groups in total. The van der Waals surface area contributed by atoms with Crippen LogP contribution in [-0.4, -0.2) is 10.9 Å². The van der Waals surface area contributed by atoms with Gasteiger partial charge in [0.2, 0.25) is 4.80 Å². The van der Waals surface area contributed by atoms with E-state index in [-0.39, 0.29) is 0 Å². The van der Waals surface area contributed by atoms with E-state index in [1.54, 1.807) is 17.2 Å². The number of nitrogens with zero attached hydrogens (tertiary/aromatic N) is 3. The van der Waals surface area contributed by atoms with Crippen molar-refractivity contribution in [2.45, 2.75) is 6.92 Å². The third-order valence-electron chi connectivity index (χ3n) is 4.43. The number of rotatable bonds is 4. The van der Waals surface area contributed by atoms with E-state index in [1.165, 1.54) is 11.3 Å². The first-order valence-electron chi connectivity index (χ1n) is 9.15. The topological polar surface area (TPSA) is 55.9 Å². The number of thiazole rings is 1. The SMILES string of the molecule is Cc1cccc(N=c2scc(-c3cc4ccccc4o3)n2N=Cc2ccco2)c1. The van der Waals surface area contributed by atoms with E-state index in [0.717, 1.165) is 38.5 Å². The van der Waals surface area contributed by atoms with E-state index < -0.39 is 0 Å². The van der Waals surface area contributed by atoms with E-state index in [1.807, 2.05) is 66.0 Å². The van der Waals surface area contributed by atoms with E-state index in [2.05, 4.69) is 18.1 Å². The van der Waals surface area contributed by atoms with Gasteiger partial charge < -0.3 is 8.83 Å². The average Bonchev–Trinajstić information content (AvgIpc) is 3.46. The number of fused-ring (bicyclic) bond motifs is 1. The molecule has 29 heavy (non-hydrogen) atoms. The van der Waals surface area contributed by atoms with Crippen LogP contribution in [0.4, 0.5) is 5.69 Å². The van der Waals surface area contributed by atoms with Crippen molar-refractivity contribution in [2.24, 2.45) is 10.1 Å². The quantitative estimate of drug-likeness (QED) is 0.349. The Hall–Kier alpha value is -3.64. The summed E-state index contributed by atoms with van der Waals surface area (Å²) in [5.41, 5.74) is 3.71. The molecule has 0 unspecified atom stereocenters. The van der Waals surface area contributed by atoms with Gasteiger partial charge in [-0.25, -0.2) is 9.67 Å². The van der Waals surface area contributed by atoms with Crippen LogP contribution in [0.25, 0.3) is 22.4 Å². The lowest BCUT2D eigenvalue weighted by Crippen LogP contribution is -2.11. The molecular weight excluding hydrogens is 382 g/mol. The summed E-state index contributed by atoms with van der Waals surface area (Å²) in [4.78, 5) is 5.54. The maximum Gasteiger partial charge on any atom is 0.211 e.